The lowest BCUT2D eigenvalue weighted by molar-refractivity contribution is -0.384. The molecule has 2 aromatic rings. The van der Waals surface area contributed by atoms with E-state index in [1.165, 1.54) is 11.6 Å². The van der Waals surface area contributed by atoms with E-state index < -0.39 is 4.92 Å². The maximum Gasteiger partial charge on any atom is 0.299 e. The fourth-order valence-corrected chi connectivity index (χ4v) is 3.89. The lowest BCUT2D eigenvalue weighted by Crippen LogP contribution is -2.48. The Hall–Kier alpha value is -1.96. The molecule has 126 valence electrons. The molecular formula is C16H16ClN3O3S. The molecule has 3 rings (SSSR count). The Morgan fingerprint density at radius 2 is 1.88 bits per heavy atom. The first kappa shape index (κ1) is 16.9. The summed E-state index contributed by atoms with van der Waals surface area (Å²) < 4.78 is 0.0473. The third-order valence-corrected chi connectivity index (χ3v) is 5.31. The van der Waals surface area contributed by atoms with Gasteiger partial charge in [-0.05, 0) is 5.56 Å². The van der Waals surface area contributed by atoms with E-state index in [4.69, 9.17) is 11.6 Å². The molecule has 0 spiro atoms. The zero-order chi connectivity index (χ0) is 17.1. The highest BCUT2D eigenvalue weighted by atomic mass is 35.5. The van der Waals surface area contributed by atoms with Crippen LogP contribution in [0.5, 0.6) is 0 Å². The van der Waals surface area contributed by atoms with Gasteiger partial charge in [0.05, 0.1) is 4.92 Å². The van der Waals surface area contributed by atoms with Gasteiger partial charge in [-0.15, -0.1) is 11.3 Å². The summed E-state index contributed by atoms with van der Waals surface area (Å²) in [5.74, 6) is -0.186. The van der Waals surface area contributed by atoms with Crippen molar-refractivity contribution in [3.05, 3.63) is 61.3 Å². The van der Waals surface area contributed by atoms with Crippen LogP contribution in [0.3, 0.4) is 0 Å². The fourth-order valence-electron chi connectivity index (χ4n) is 2.70. The number of carbonyl (C=O) groups excluding carboxylic acids is 1. The molecule has 6 nitrogen and oxygen atoms in total. The number of amides is 1. The van der Waals surface area contributed by atoms with Crippen LogP contribution in [0.4, 0.5) is 5.69 Å². The number of thiophene rings is 1. The van der Waals surface area contributed by atoms with Crippen LogP contribution in [0.1, 0.15) is 15.2 Å². The minimum Gasteiger partial charge on any atom is -0.335 e. The van der Waals surface area contributed by atoms with Crippen LogP contribution >= 0.6 is 22.9 Å². The monoisotopic (exact) mass is 365 g/mol. The van der Waals surface area contributed by atoms with Crippen LogP contribution in [0, 0.1) is 10.1 Å². The second-order valence-corrected chi connectivity index (χ2v) is 7.23. The first-order valence-electron chi connectivity index (χ1n) is 7.54. The van der Waals surface area contributed by atoms with Crippen molar-refractivity contribution in [1.29, 1.82) is 0 Å². The molecule has 0 radical (unpaired) electrons. The first-order valence-corrected chi connectivity index (χ1v) is 8.73. The molecule has 1 amide bonds. The Labute approximate surface area is 148 Å². The van der Waals surface area contributed by atoms with Crippen LogP contribution in [-0.4, -0.2) is 46.8 Å². The Morgan fingerprint density at radius 3 is 2.46 bits per heavy atom. The molecule has 0 aliphatic carbocycles. The molecule has 2 heterocycles. The lowest BCUT2D eigenvalue weighted by Gasteiger charge is -2.34. The van der Waals surface area contributed by atoms with Crippen molar-refractivity contribution in [3.63, 3.8) is 0 Å². The SMILES string of the molecule is O=C(c1cc([N+](=O)[O-])c(Cl)s1)N1CCN(Cc2ccccc2)CC1. The maximum absolute atomic E-state index is 12.5. The minimum atomic E-state index is -0.562. The minimum absolute atomic E-state index is 0.0473. The van der Waals surface area contributed by atoms with Crippen LogP contribution in [0.25, 0.3) is 0 Å². The summed E-state index contributed by atoms with van der Waals surface area (Å²) in [5, 5.41) is 10.8. The van der Waals surface area contributed by atoms with E-state index in [-0.39, 0.29) is 15.9 Å². The Bertz CT molecular complexity index is 742. The standard InChI is InChI=1S/C16H16ClN3O3S/c17-15-13(20(22)23)10-14(24-15)16(21)19-8-6-18(7-9-19)11-12-4-2-1-3-5-12/h1-5,10H,6-9,11H2. The molecule has 0 saturated carbocycles. The highest BCUT2D eigenvalue weighted by Gasteiger charge is 2.27. The van der Waals surface area contributed by atoms with Gasteiger partial charge < -0.3 is 4.90 Å². The number of nitro groups is 1. The van der Waals surface area contributed by atoms with E-state index in [1.54, 1.807) is 4.90 Å². The van der Waals surface area contributed by atoms with Crippen LogP contribution < -0.4 is 0 Å². The number of halogens is 1. The van der Waals surface area contributed by atoms with Crippen molar-refractivity contribution in [2.24, 2.45) is 0 Å². The van der Waals surface area contributed by atoms with Gasteiger partial charge in [0.15, 0.2) is 4.34 Å². The molecule has 1 aliphatic heterocycles. The van der Waals surface area contributed by atoms with Crippen LogP contribution in [0.2, 0.25) is 4.34 Å². The molecule has 1 aliphatic rings. The van der Waals surface area contributed by atoms with Gasteiger partial charge in [-0.2, -0.15) is 0 Å². The average molecular weight is 366 g/mol. The van der Waals surface area contributed by atoms with Gasteiger partial charge in [-0.3, -0.25) is 19.8 Å². The van der Waals surface area contributed by atoms with Gasteiger partial charge in [0.25, 0.3) is 11.6 Å². The predicted molar refractivity (Wildman–Crippen MR) is 93.6 cm³/mol. The van der Waals surface area contributed by atoms with Crippen LogP contribution in [0.15, 0.2) is 36.4 Å². The molecule has 1 aromatic heterocycles. The zero-order valence-electron chi connectivity index (χ0n) is 12.9. The average Bonchev–Trinajstić information content (AvgIpc) is 2.98. The van der Waals surface area contributed by atoms with Crippen molar-refractivity contribution in [3.8, 4) is 0 Å². The summed E-state index contributed by atoms with van der Waals surface area (Å²) >= 11 is 6.80. The molecule has 24 heavy (non-hydrogen) atoms. The van der Waals surface area contributed by atoms with Gasteiger partial charge in [-0.25, -0.2) is 0 Å². The number of nitrogens with zero attached hydrogens (tertiary/aromatic N) is 3. The first-order chi connectivity index (χ1) is 11.5. The third kappa shape index (κ3) is 3.75. The highest BCUT2D eigenvalue weighted by Crippen LogP contribution is 2.34. The number of hydrogen-bond donors (Lipinski definition) is 0. The lowest BCUT2D eigenvalue weighted by atomic mass is 10.2. The zero-order valence-corrected chi connectivity index (χ0v) is 14.4. The predicted octanol–water partition coefficient (Wildman–Crippen LogP) is 3.27. The Morgan fingerprint density at radius 1 is 1.21 bits per heavy atom. The molecule has 0 N–H and O–H groups in total. The van der Waals surface area contributed by atoms with Gasteiger partial charge in [0.1, 0.15) is 4.88 Å². The number of carbonyl (C=O) groups is 1. The molecular weight excluding hydrogens is 350 g/mol. The smallest absolute Gasteiger partial charge is 0.299 e. The summed E-state index contributed by atoms with van der Waals surface area (Å²) in [4.78, 5) is 27.1. The molecule has 0 unspecified atom stereocenters. The van der Waals surface area contributed by atoms with E-state index in [2.05, 4.69) is 17.0 Å². The second kappa shape index (κ2) is 7.29. The van der Waals surface area contributed by atoms with Crippen molar-refractivity contribution in [2.45, 2.75) is 6.54 Å². The van der Waals surface area contributed by atoms with Gasteiger partial charge in [0.2, 0.25) is 0 Å². The second-order valence-electron chi connectivity index (χ2n) is 5.58. The molecule has 1 aromatic carbocycles. The summed E-state index contributed by atoms with van der Waals surface area (Å²) in [7, 11) is 0. The van der Waals surface area contributed by atoms with Crippen molar-refractivity contribution >= 4 is 34.5 Å². The van der Waals surface area contributed by atoms with Crippen molar-refractivity contribution in [2.75, 3.05) is 26.2 Å². The topological polar surface area (TPSA) is 66.7 Å². The summed E-state index contributed by atoms with van der Waals surface area (Å²) in [6, 6.07) is 11.5. The Kier molecular flexibility index (Phi) is 5.13. The quantitative estimate of drug-likeness (QED) is 0.616. The molecule has 0 bridgehead atoms. The van der Waals surface area contributed by atoms with E-state index in [1.807, 2.05) is 18.2 Å². The summed E-state index contributed by atoms with van der Waals surface area (Å²) in [6.07, 6.45) is 0. The van der Waals surface area contributed by atoms with Crippen LogP contribution in [-0.2, 0) is 6.54 Å². The summed E-state index contributed by atoms with van der Waals surface area (Å²) in [6.45, 7) is 3.63. The number of benzene rings is 1. The van der Waals surface area contributed by atoms with Gasteiger partial charge in [0, 0.05) is 38.8 Å². The highest BCUT2D eigenvalue weighted by molar-refractivity contribution is 7.18. The van der Waals surface area contributed by atoms with Crippen molar-refractivity contribution in [1.82, 2.24) is 9.80 Å². The molecule has 1 fully saturated rings. The van der Waals surface area contributed by atoms with E-state index >= 15 is 0 Å². The van der Waals surface area contributed by atoms with Gasteiger partial charge in [-0.1, -0.05) is 41.9 Å². The molecule has 8 heteroatoms. The number of piperazine rings is 1. The molecule has 1 saturated heterocycles. The fraction of sp³-hybridized carbons (Fsp3) is 0.312. The number of hydrogen-bond acceptors (Lipinski definition) is 5. The number of rotatable bonds is 4. The summed E-state index contributed by atoms with van der Waals surface area (Å²) in [5.41, 5.74) is 1.05. The Balaban J connectivity index is 1.59. The van der Waals surface area contributed by atoms with E-state index in [9.17, 15) is 14.9 Å². The largest absolute Gasteiger partial charge is 0.335 e. The molecule has 0 atom stereocenters. The third-order valence-electron chi connectivity index (χ3n) is 3.98. The van der Waals surface area contributed by atoms with E-state index in [0.717, 1.165) is 31.0 Å². The maximum atomic E-state index is 12.5. The normalized spacial score (nSPS) is 15.5. The van der Waals surface area contributed by atoms with Gasteiger partial charge >= 0.3 is 0 Å². The van der Waals surface area contributed by atoms with E-state index in [0.29, 0.717) is 18.0 Å². The van der Waals surface area contributed by atoms with Crippen molar-refractivity contribution < 1.29 is 9.72 Å².